The van der Waals surface area contributed by atoms with Crippen LogP contribution in [0.5, 0.6) is 0 Å². The van der Waals surface area contributed by atoms with E-state index in [-0.39, 0.29) is 0 Å². The van der Waals surface area contributed by atoms with Crippen LogP contribution >= 0.6 is 11.3 Å². The summed E-state index contributed by atoms with van der Waals surface area (Å²) in [6, 6.07) is 11.4. The van der Waals surface area contributed by atoms with Crippen molar-refractivity contribution < 1.29 is 8.42 Å². The molecule has 0 atom stereocenters. The van der Waals surface area contributed by atoms with Crippen molar-refractivity contribution in [2.24, 2.45) is 0 Å². The number of piperazine rings is 1. The third-order valence-corrected chi connectivity index (χ3v) is 7.71. The highest BCUT2D eigenvalue weighted by atomic mass is 32.2. The van der Waals surface area contributed by atoms with E-state index in [0.29, 0.717) is 37.0 Å². The second-order valence-electron chi connectivity index (χ2n) is 6.39. The fourth-order valence-corrected chi connectivity index (χ4v) is 6.19. The summed E-state index contributed by atoms with van der Waals surface area (Å²) in [5, 5.41) is 12.0. The Labute approximate surface area is 162 Å². The smallest absolute Gasteiger partial charge is 0.250 e. The fraction of sp³-hybridized carbons (Fsp3) is 0.353. The molecule has 0 unspecified atom stereocenters. The van der Waals surface area contributed by atoms with Crippen LogP contribution in [0.2, 0.25) is 0 Å². The van der Waals surface area contributed by atoms with Gasteiger partial charge in [-0.25, -0.2) is 8.42 Å². The van der Waals surface area contributed by atoms with Gasteiger partial charge >= 0.3 is 0 Å². The number of hydrogen-bond donors (Lipinski definition) is 0. The predicted molar refractivity (Wildman–Crippen MR) is 104 cm³/mol. The number of aromatic nitrogens is 4. The van der Waals surface area contributed by atoms with E-state index >= 15 is 0 Å². The Bertz CT molecular complexity index is 1040. The number of sulfonamides is 1. The molecule has 142 valence electrons. The summed E-state index contributed by atoms with van der Waals surface area (Å²) < 4.78 is 29.2. The quantitative estimate of drug-likeness (QED) is 0.660. The van der Waals surface area contributed by atoms with Crippen LogP contribution in [0.3, 0.4) is 0 Å². The van der Waals surface area contributed by atoms with E-state index in [2.05, 4.69) is 15.5 Å². The van der Waals surface area contributed by atoms with Crippen molar-refractivity contribution in [1.82, 2.24) is 24.5 Å². The van der Waals surface area contributed by atoms with E-state index in [4.69, 9.17) is 0 Å². The van der Waals surface area contributed by atoms with Crippen LogP contribution in [-0.2, 0) is 10.0 Å². The van der Waals surface area contributed by atoms with E-state index in [1.807, 2.05) is 49.1 Å². The SMILES string of the molecule is Cc1cc(S(=O)(=O)N2CCN(c3nnnn3-c3ccccc3)CC2)c(C)s1. The van der Waals surface area contributed by atoms with Gasteiger partial charge in [-0.3, -0.25) is 0 Å². The predicted octanol–water partition coefficient (Wildman–Crippen LogP) is 1.85. The topological polar surface area (TPSA) is 84.2 Å². The Hall–Kier alpha value is -2.30. The maximum absolute atomic E-state index is 13.0. The molecule has 0 aliphatic carbocycles. The van der Waals surface area contributed by atoms with E-state index in [0.717, 1.165) is 15.4 Å². The number of aryl methyl sites for hydroxylation is 2. The van der Waals surface area contributed by atoms with Crippen LogP contribution in [0.4, 0.5) is 5.95 Å². The molecule has 27 heavy (non-hydrogen) atoms. The van der Waals surface area contributed by atoms with E-state index in [1.165, 1.54) is 11.3 Å². The summed E-state index contributed by atoms with van der Waals surface area (Å²) in [5.74, 6) is 0.626. The molecule has 10 heteroatoms. The number of hydrogen-bond acceptors (Lipinski definition) is 7. The van der Waals surface area contributed by atoms with Crippen LogP contribution in [-0.4, -0.2) is 59.1 Å². The summed E-state index contributed by atoms with van der Waals surface area (Å²) in [5.41, 5.74) is 0.872. The van der Waals surface area contributed by atoms with Crippen molar-refractivity contribution in [1.29, 1.82) is 0 Å². The molecule has 4 rings (SSSR count). The lowest BCUT2D eigenvalue weighted by Crippen LogP contribution is -2.49. The van der Waals surface area contributed by atoms with Crippen molar-refractivity contribution >= 4 is 27.3 Å². The number of thiophene rings is 1. The lowest BCUT2D eigenvalue weighted by Gasteiger charge is -2.34. The van der Waals surface area contributed by atoms with Crippen molar-refractivity contribution in [2.45, 2.75) is 18.7 Å². The van der Waals surface area contributed by atoms with E-state index < -0.39 is 10.0 Å². The number of benzene rings is 1. The normalized spacial score (nSPS) is 16.0. The van der Waals surface area contributed by atoms with Crippen molar-refractivity contribution in [3.05, 3.63) is 46.2 Å². The van der Waals surface area contributed by atoms with Crippen LogP contribution < -0.4 is 4.90 Å². The molecule has 0 radical (unpaired) electrons. The Kier molecular flexibility index (Phi) is 4.70. The maximum atomic E-state index is 13.0. The lowest BCUT2D eigenvalue weighted by atomic mass is 10.3. The van der Waals surface area contributed by atoms with Gasteiger partial charge < -0.3 is 4.90 Å². The number of tetrazole rings is 1. The summed E-state index contributed by atoms with van der Waals surface area (Å²) in [7, 11) is -3.47. The molecule has 3 aromatic rings. The molecule has 1 aromatic carbocycles. The molecule has 8 nitrogen and oxygen atoms in total. The van der Waals surface area contributed by atoms with Crippen LogP contribution in [0.15, 0.2) is 41.3 Å². The second kappa shape index (κ2) is 7.02. The van der Waals surface area contributed by atoms with Gasteiger partial charge in [-0.05, 0) is 42.5 Å². The number of nitrogens with zero attached hydrogens (tertiary/aromatic N) is 6. The van der Waals surface area contributed by atoms with Gasteiger partial charge in [0, 0.05) is 35.9 Å². The Morgan fingerprint density at radius 1 is 1.04 bits per heavy atom. The molecule has 0 N–H and O–H groups in total. The number of para-hydroxylation sites is 1. The molecule has 1 fully saturated rings. The lowest BCUT2D eigenvalue weighted by molar-refractivity contribution is 0.381. The number of anilines is 1. The first kappa shape index (κ1) is 18.1. The molecule has 0 bridgehead atoms. The second-order valence-corrected chi connectivity index (χ2v) is 9.76. The molecule has 1 aliphatic rings. The minimum absolute atomic E-state index is 0.401. The monoisotopic (exact) mass is 404 g/mol. The van der Waals surface area contributed by atoms with Crippen LogP contribution in [0.1, 0.15) is 9.75 Å². The van der Waals surface area contributed by atoms with Crippen molar-refractivity contribution in [2.75, 3.05) is 31.1 Å². The highest BCUT2D eigenvalue weighted by molar-refractivity contribution is 7.89. The summed E-state index contributed by atoms with van der Waals surface area (Å²) in [4.78, 5) is 4.28. The average molecular weight is 405 g/mol. The summed E-state index contributed by atoms with van der Waals surface area (Å²) >= 11 is 1.51. The summed E-state index contributed by atoms with van der Waals surface area (Å²) in [6.07, 6.45) is 0. The molecule has 1 saturated heterocycles. The van der Waals surface area contributed by atoms with E-state index in [9.17, 15) is 8.42 Å². The molecule has 3 heterocycles. The highest BCUT2D eigenvalue weighted by Crippen LogP contribution is 2.28. The number of rotatable bonds is 4. The maximum Gasteiger partial charge on any atom is 0.250 e. The van der Waals surface area contributed by atoms with Gasteiger partial charge in [0.05, 0.1) is 10.6 Å². The fourth-order valence-electron chi connectivity index (χ4n) is 3.25. The highest BCUT2D eigenvalue weighted by Gasteiger charge is 2.32. The molecular weight excluding hydrogens is 384 g/mol. The Morgan fingerprint density at radius 2 is 1.74 bits per heavy atom. The van der Waals surface area contributed by atoms with Gasteiger partial charge in [-0.2, -0.15) is 8.99 Å². The van der Waals surface area contributed by atoms with Gasteiger partial charge in [0.25, 0.3) is 0 Å². The Balaban J connectivity index is 1.52. The van der Waals surface area contributed by atoms with Gasteiger partial charge in [0.15, 0.2) is 0 Å². The zero-order valence-electron chi connectivity index (χ0n) is 15.1. The van der Waals surface area contributed by atoms with Gasteiger partial charge in [0.2, 0.25) is 16.0 Å². The minimum Gasteiger partial charge on any atom is -0.337 e. The average Bonchev–Trinajstić information content (AvgIpc) is 3.29. The largest absolute Gasteiger partial charge is 0.337 e. The Morgan fingerprint density at radius 3 is 2.37 bits per heavy atom. The van der Waals surface area contributed by atoms with Gasteiger partial charge in [0.1, 0.15) is 0 Å². The third-order valence-electron chi connectivity index (χ3n) is 4.59. The molecule has 0 spiro atoms. The molecule has 0 amide bonds. The van der Waals surface area contributed by atoms with Crippen molar-refractivity contribution in [3.63, 3.8) is 0 Å². The first-order valence-corrected chi connectivity index (χ1v) is 10.9. The van der Waals surface area contributed by atoms with Gasteiger partial charge in [-0.1, -0.05) is 23.3 Å². The zero-order chi connectivity index (χ0) is 19.0. The van der Waals surface area contributed by atoms with Crippen molar-refractivity contribution in [3.8, 4) is 5.69 Å². The first-order chi connectivity index (χ1) is 13.0. The molecular formula is C17H20N6O2S2. The molecule has 0 saturated carbocycles. The van der Waals surface area contributed by atoms with Crippen LogP contribution in [0.25, 0.3) is 5.69 Å². The zero-order valence-corrected chi connectivity index (χ0v) is 16.7. The first-order valence-electron chi connectivity index (χ1n) is 8.63. The molecule has 2 aromatic heterocycles. The van der Waals surface area contributed by atoms with Crippen LogP contribution in [0, 0.1) is 13.8 Å². The third kappa shape index (κ3) is 3.35. The standard InChI is InChI=1S/C17H20N6O2S2/c1-13-12-16(14(2)26-13)27(24,25)22-10-8-21(9-11-22)17-18-19-20-23(17)15-6-4-3-5-7-15/h3-7,12H,8-11H2,1-2H3. The van der Waals surface area contributed by atoms with E-state index in [1.54, 1.807) is 15.1 Å². The minimum atomic E-state index is -3.47. The molecule has 1 aliphatic heterocycles. The summed E-state index contributed by atoms with van der Waals surface area (Å²) in [6.45, 7) is 5.66. The van der Waals surface area contributed by atoms with Gasteiger partial charge in [-0.15, -0.1) is 11.3 Å².